The summed E-state index contributed by atoms with van der Waals surface area (Å²) < 4.78 is 0. The molecular weight excluding hydrogens is 266 g/mol. The van der Waals surface area contributed by atoms with Gasteiger partial charge in [-0.1, -0.05) is 11.3 Å². The molecule has 1 heterocycles. The van der Waals surface area contributed by atoms with Crippen molar-refractivity contribution in [2.45, 2.75) is 39.7 Å². The number of hydrogen-bond donors (Lipinski definition) is 2. The van der Waals surface area contributed by atoms with Crippen LogP contribution in [0, 0.1) is 6.92 Å². The van der Waals surface area contributed by atoms with Gasteiger partial charge in [-0.15, -0.1) is 0 Å². The minimum absolute atomic E-state index is 0.00372. The molecule has 1 aromatic rings. The van der Waals surface area contributed by atoms with E-state index < -0.39 is 5.97 Å². The van der Waals surface area contributed by atoms with Crippen molar-refractivity contribution in [2.75, 3.05) is 12.3 Å². The number of amides is 1. The summed E-state index contributed by atoms with van der Waals surface area (Å²) in [6.45, 7) is 5.96. The molecular formula is C12H19N3O3S. The lowest BCUT2D eigenvalue weighted by molar-refractivity contribution is -0.137. The minimum atomic E-state index is -0.852. The largest absolute Gasteiger partial charge is 0.481 e. The van der Waals surface area contributed by atoms with E-state index in [1.54, 1.807) is 11.8 Å². The van der Waals surface area contributed by atoms with E-state index in [9.17, 15) is 9.59 Å². The van der Waals surface area contributed by atoms with E-state index >= 15 is 0 Å². The second-order valence-electron chi connectivity index (χ2n) is 4.56. The number of carbonyl (C=O) groups is 2. The summed E-state index contributed by atoms with van der Waals surface area (Å²) in [6, 6.07) is 0.00372. The van der Waals surface area contributed by atoms with Gasteiger partial charge < -0.3 is 15.7 Å². The van der Waals surface area contributed by atoms with Crippen molar-refractivity contribution >= 4 is 28.3 Å². The topological polar surface area (TPSA) is 96.5 Å². The van der Waals surface area contributed by atoms with Crippen molar-refractivity contribution in [2.24, 2.45) is 0 Å². The van der Waals surface area contributed by atoms with E-state index in [1.807, 2.05) is 13.8 Å². The third kappa shape index (κ3) is 4.20. The Morgan fingerprint density at radius 1 is 1.47 bits per heavy atom. The van der Waals surface area contributed by atoms with Gasteiger partial charge in [0.2, 0.25) is 0 Å². The van der Waals surface area contributed by atoms with Crippen LogP contribution in [0.4, 0.5) is 5.13 Å². The molecule has 1 aromatic heterocycles. The molecule has 1 rings (SSSR count). The predicted molar refractivity (Wildman–Crippen MR) is 74.3 cm³/mol. The number of carboxylic acid groups (broad SMARTS) is 1. The molecule has 0 saturated heterocycles. The second-order valence-corrected chi connectivity index (χ2v) is 5.59. The van der Waals surface area contributed by atoms with Gasteiger partial charge in [-0.05, 0) is 27.2 Å². The van der Waals surface area contributed by atoms with Gasteiger partial charge in [0.15, 0.2) is 5.13 Å². The van der Waals surface area contributed by atoms with Gasteiger partial charge in [0.25, 0.3) is 5.91 Å². The van der Waals surface area contributed by atoms with Crippen molar-refractivity contribution in [1.82, 2.24) is 9.88 Å². The predicted octanol–water partition coefficient (Wildman–Crippen LogP) is 1.75. The number of hydrogen-bond acceptors (Lipinski definition) is 5. The van der Waals surface area contributed by atoms with Crippen LogP contribution in [0.15, 0.2) is 0 Å². The van der Waals surface area contributed by atoms with Crippen LogP contribution in [0.1, 0.15) is 42.1 Å². The fourth-order valence-corrected chi connectivity index (χ4v) is 2.53. The first-order chi connectivity index (χ1) is 8.82. The highest BCUT2D eigenvalue weighted by Gasteiger charge is 2.23. The highest BCUT2D eigenvalue weighted by Crippen LogP contribution is 2.22. The van der Waals surface area contributed by atoms with Crippen molar-refractivity contribution in [3.05, 3.63) is 10.6 Å². The molecule has 0 radical (unpaired) electrons. The maximum atomic E-state index is 12.4. The number of nitrogens with two attached hydrogens (primary N) is 1. The summed E-state index contributed by atoms with van der Waals surface area (Å²) in [4.78, 5) is 29.1. The fraction of sp³-hybridized carbons (Fsp3) is 0.583. The van der Waals surface area contributed by atoms with Crippen LogP contribution in [0.25, 0.3) is 0 Å². The number of anilines is 1. The van der Waals surface area contributed by atoms with E-state index in [1.165, 1.54) is 11.3 Å². The Morgan fingerprint density at radius 3 is 2.53 bits per heavy atom. The van der Waals surface area contributed by atoms with Crippen LogP contribution in [-0.2, 0) is 4.79 Å². The van der Waals surface area contributed by atoms with E-state index in [-0.39, 0.29) is 18.4 Å². The molecule has 0 aromatic carbocycles. The van der Waals surface area contributed by atoms with E-state index in [4.69, 9.17) is 10.8 Å². The molecule has 0 atom stereocenters. The van der Waals surface area contributed by atoms with Gasteiger partial charge in [0, 0.05) is 19.0 Å². The zero-order valence-electron chi connectivity index (χ0n) is 11.3. The number of carbonyl (C=O) groups excluding carboxylic acids is 1. The van der Waals surface area contributed by atoms with Gasteiger partial charge in [0.1, 0.15) is 4.88 Å². The van der Waals surface area contributed by atoms with Crippen LogP contribution in [-0.4, -0.2) is 39.5 Å². The Bertz CT molecular complexity index is 471. The summed E-state index contributed by atoms with van der Waals surface area (Å²) in [7, 11) is 0. The summed E-state index contributed by atoms with van der Waals surface area (Å²) in [6.07, 6.45) is 0.493. The number of nitrogens with zero attached hydrogens (tertiary/aromatic N) is 2. The van der Waals surface area contributed by atoms with Crippen LogP contribution < -0.4 is 5.73 Å². The number of rotatable bonds is 6. The van der Waals surface area contributed by atoms with E-state index in [0.29, 0.717) is 28.7 Å². The molecule has 6 nitrogen and oxygen atoms in total. The average Bonchev–Trinajstić information content (AvgIpc) is 2.62. The maximum absolute atomic E-state index is 12.4. The molecule has 0 unspecified atom stereocenters. The lowest BCUT2D eigenvalue weighted by Crippen LogP contribution is -2.37. The molecule has 1 amide bonds. The van der Waals surface area contributed by atoms with Crippen LogP contribution in [0.2, 0.25) is 0 Å². The lowest BCUT2D eigenvalue weighted by Gasteiger charge is -2.26. The molecule has 0 bridgehead atoms. The molecule has 3 N–H and O–H groups in total. The number of aliphatic carboxylic acids is 1. The third-order valence-corrected chi connectivity index (χ3v) is 3.66. The zero-order valence-corrected chi connectivity index (χ0v) is 12.2. The minimum Gasteiger partial charge on any atom is -0.481 e. The Kier molecular flexibility index (Phi) is 5.29. The van der Waals surface area contributed by atoms with Crippen molar-refractivity contribution in [3.8, 4) is 0 Å². The Morgan fingerprint density at radius 2 is 2.11 bits per heavy atom. The van der Waals surface area contributed by atoms with Crippen LogP contribution in [0.3, 0.4) is 0 Å². The molecule has 0 aliphatic heterocycles. The SMILES string of the molecule is Cc1nc(N)sc1C(=O)N(CCCC(=O)O)C(C)C. The van der Waals surface area contributed by atoms with Crippen molar-refractivity contribution in [1.29, 1.82) is 0 Å². The third-order valence-electron chi connectivity index (χ3n) is 2.68. The Hall–Kier alpha value is -1.63. The number of aryl methyl sites for hydroxylation is 1. The molecule has 0 aliphatic carbocycles. The highest BCUT2D eigenvalue weighted by molar-refractivity contribution is 7.17. The standard InChI is InChI=1S/C12H19N3O3S/c1-7(2)15(6-4-5-9(16)17)11(18)10-8(3)14-12(13)19-10/h7H,4-6H2,1-3H3,(H2,13,14)(H,16,17). The maximum Gasteiger partial charge on any atom is 0.303 e. The molecule has 0 spiro atoms. The van der Waals surface area contributed by atoms with Gasteiger partial charge in [-0.3, -0.25) is 9.59 Å². The molecule has 106 valence electrons. The molecule has 7 heteroatoms. The second kappa shape index (κ2) is 6.51. The number of thiazole rings is 1. The Labute approximate surface area is 116 Å². The summed E-state index contributed by atoms with van der Waals surface area (Å²) in [5, 5.41) is 9.01. The molecule has 0 saturated carbocycles. The van der Waals surface area contributed by atoms with Crippen molar-refractivity contribution in [3.63, 3.8) is 0 Å². The summed E-state index contributed by atoms with van der Waals surface area (Å²) in [5.74, 6) is -0.985. The summed E-state index contributed by atoms with van der Waals surface area (Å²) in [5.41, 5.74) is 6.21. The lowest BCUT2D eigenvalue weighted by atomic mass is 10.2. The van der Waals surface area contributed by atoms with Crippen molar-refractivity contribution < 1.29 is 14.7 Å². The molecule has 19 heavy (non-hydrogen) atoms. The first-order valence-electron chi connectivity index (χ1n) is 6.08. The zero-order chi connectivity index (χ0) is 14.6. The fourth-order valence-electron chi connectivity index (χ4n) is 1.74. The van der Waals surface area contributed by atoms with Gasteiger partial charge in [-0.2, -0.15) is 0 Å². The van der Waals surface area contributed by atoms with Gasteiger partial charge >= 0.3 is 5.97 Å². The van der Waals surface area contributed by atoms with Crippen LogP contribution in [0.5, 0.6) is 0 Å². The highest BCUT2D eigenvalue weighted by atomic mass is 32.1. The summed E-state index contributed by atoms with van der Waals surface area (Å²) >= 11 is 1.17. The van der Waals surface area contributed by atoms with E-state index in [0.717, 1.165) is 0 Å². The van der Waals surface area contributed by atoms with E-state index in [2.05, 4.69) is 4.98 Å². The molecule has 0 fully saturated rings. The number of carboxylic acids is 1. The first kappa shape index (κ1) is 15.4. The molecule has 0 aliphatic rings. The monoisotopic (exact) mass is 285 g/mol. The van der Waals surface area contributed by atoms with Crippen LogP contribution >= 0.6 is 11.3 Å². The van der Waals surface area contributed by atoms with Gasteiger partial charge in [-0.25, -0.2) is 4.98 Å². The average molecular weight is 285 g/mol. The number of nitrogen functional groups attached to an aromatic ring is 1. The quantitative estimate of drug-likeness (QED) is 0.830. The first-order valence-corrected chi connectivity index (χ1v) is 6.90. The smallest absolute Gasteiger partial charge is 0.303 e. The van der Waals surface area contributed by atoms with Gasteiger partial charge in [0.05, 0.1) is 5.69 Å². The number of aromatic nitrogens is 1. The normalized spacial score (nSPS) is 10.7. The Balaban J connectivity index is 2.78.